The number of anilines is 1. The maximum Gasteiger partial charge on any atom is 0.132 e. The Morgan fingerprint density at radius 1 is 1.27 bits per heavy atom. The van der Waals surface area contributed by atoms with Gasteiger partial charge in [0.05, 0.1) is 0 Å². The molecule has 2 heterocycles. The smallest absolute Gasteiger partial charge is 0.132 e. The Morgan fingerprint density at radius 2 is 2.20 bits per heavy atom. The fourth-order valence-corrected chi connectivity index (χ4v) is 2.34. The molecule has 0 spiro atoms. The summed E-state index contributed by atoms with van der Waals surface area (Å²) in [5, 5.41) is 3.42. The summed E-state index contributed by atoms with van der Waals surface area (Å²) in [5.41, 5.74) is 0. The Balaban J connectivity index is 1.84. The molecule has 2 fully saturated rings. The van der Waals surface area contributed by atoms with Gasteiger partial charge in [0.25, 0.3) is 0 Å². The molecule has 1 unspecified atom stereocenters. The average molecular weight is 204 g/mol. The van der Waals surface area contributed by atoms with E-state index >= 15 is 0 Å². The first-order chi connectivity index (χ1) is 7.45. The van der Waals surface area contributed by atoms with E-state index in [0.717, 1.165) is 24.9 Å². The van der Waals surface area contributed by atoms with Crippen LogP contribution in [-0.4, -0.2) is 35.1 Å². The molecule has 4 heteroatoms. The summed E-state index contributed by atoms with van der Waals surface area (Å²) in [4.78, 5) is 10.8. The third-order valence-electron chi connectivity index (χ3n) is 3.20. The molecule has 1 saturated carbocycles. The lowest BCUT2D eigenvalue weighted by Gasteiger charge is -2.29. The first-order valence-corrected chi connectivity index (χ1v) is 5.70. The van der Waals surface area contributed by atoms with E-state index < -0.39 is 0 Å². The summed E-state index contributed by atoms with van der Waals surface area (Å²) in [6.45, 7) is 2.24. The molecular weight excluding hydrogens is 188 g/mol. The van der Waals surface area contributed by atoms with Crippen LogP contribution in [0.25, 0.3) is 0 Å². The molecule has 80 valence electrons. The van der Waals surface area contributed by atoms with Crippen molar-refractivity contribution in [1.29, 1.82) is 0 Å². The fraction of sp³-hybridized carbons (Fsp3) is 0.636. The molecule has 1 saturated heterocycles. The molecule has 1 aliphatic heterocycles. The highest BCUT2D eigenvalue weighted by atomic mass is 15.3. The summed E-state index contributed by atoms with van der Waals surface area (Å²) in [5.74, 6) is 1.10. The molecule has 2 aliphatic rings. The van der Waals surface area contributed by atoms with Gasteiger partial charge in [-0.25, -0.2) is 9.97 Å². The van der Waals surface area contributed by atoms with Crippen LogP contribution in [0, 0.1) is 0 Å². The van der Waals surface area contributed by atoms with Gasteiger partial charge in [0, 0.05) is 24.8 Å². The minimum atomic E-state index is 0.632. The standard InChI is InChI=1S/C11H16N4/c1-2-9(1)15(10-3-5-12-7-10)11-4-6-13-8-14-11/h4,6,8-10,12H,1-3,5,7H2. The van der Waals surface area contributed by atoms with E-state index in [0.29, 0.717) is 6.04 Å². The van der Waals surface area contributed by atoms with Crippen LogP contribution >= 0.6 is 0 Å². The topological polar surface area (TPSA) is 41.0 Å². The molecule has 0 aromatic carbocycles. The summed E-state index contributed by atoms with van der Waals surface area (Å²) < 4.78 is 0. The van der Waals surface area contributed by atoms with Gasteiger partial charge in [0.15, 0.2) is 0 Å². The summed E-state index contributed by atoms with van der Waals surface area (Å²) in [6, 6.07) is 3.38. The predicted molar refractivity (Wildman–Crippen MR) is 58.8 cm³/mol. The van der Waals surface area contributed by atoms with Crippen LogP contribution < -0.4 is 10.2 Å². The predicted octanol–water partition coefficient (Wildman–Crippen LogP) is 0.807. The number of rotatable bonds is 3. The van der Waals surface area contributed by atoms with Gasteiger partial charge in [-0.1, -0.05) is 0 Å². The fourth-order valence-electron chi connectivity index (χ4n) is 2.34. The Bertz CT molecular complexity index is 317. The summed E-state index contributed by atoms with van der Waals surface area (Å²) in [7, 11) is 0. The third kappa shape index (κ3) is 1.81. The molecule has 0 amide bonds. The van der Waals surface area contributed by atoms with E-state index in [1.54, 1.807) is 6.33 Å². The lowest BCUT2D eigenvalue weighted by Crippen LogP contribution is -2.39. The van der Waals surface area contributed by atoms with Crippen molar-refractivity contribution in [3.05, 3.63) is 18.6 Å². The molecule has 3 rings (SSSR count). The Labute approximate surface area is 89.7 Å². The van der Waals surface area contributed by atoms with Gasteiger partial charge < -0.3 is 10.2 Å². The number of nitrogens with one attached hydrogen (secondary N) is 1. The molecule has 1 aromatic heterocycles. The molecule has 1 aromatic rings. The Kier molecular flexibility index (Phi) is 2.29. The first-order valence-electron chi connectivity index (χ1n) is 5.70. The highest BCUT2D eigenvalue weighted by Crippen LogP contribution is 2.33. The second-order valence-corrected chi connectivity index (χ2v) is 4.35. The van der Waals surface area contributed by atoms with Gasteiger partial charge in [-0.15, -0.1) is 0 Å². The minimum Gasteiger partial charge on any atom is -0.349 e. The van der Waals surface area contributed by atoms with Crippen molar-refractivity contribution in [2.24, 2.45) is 0 Å². The quantitative estimate of drug-likeness (QED) is 0.791. The zero-order valence-corrected chi connectivity index (χ0v) is 8.76. The number of hydrogen-bond donors (Lipinski definition) is 1. The van der Waals surface area contributed by atoms with Crippen LogP contribution in [0.4, 0.5) is 5.82 Å². The number of nitrogens with zero attached hydrogens (tertiary/aromatic N) is 3. The van der Waals surface area contributed by atoms with Crippen LogP contribution in [0.2, 0.25) is 0 Å². The lowest BCUT2D eigenvalue weighted by atomic mass is 10.2. The number of hydrogen-bond acceptors (Lipinski definition) is 4. The van der Waals surface area contributed by atoms with Crippen molar-refractivity contribution < 1.29 is 0 Å². The molecule has 4 nitrogen and oxygen atoms in total. The highest BCUT2D eigenvalue weighted by molar-refractivity contribution is 5.42. The molecular formula is C11H16N4. The van der Waals surface area contributed by atoms with Crippen LogP contribution in [0.5, 0.6) is 0 Å². The summed E-state index contributed by atoms with van der Waals surface area (Å²) in [6.07, 6.45) is 7.36. The normalized spacial score (nSPS) is 25.5. The van der Waals surface area contributed by atoms with E-state index in [1.807, 2.05) is 12.3 Å². The minimum absolute atomic E-state index is 0.632. The molecule has 1 atom stereocenters. The SMILES string of the molecule is c1cc(N(C2CC2)C2CCNC2)ncn1. The van der Waals surface area contributed by atoms with Crippen LogP contribution in [0.3, 0.4) is 0 Å². The van der Waals surface area contributed by atoms with Crippen molar-refractivity contribution in [2.75, 3.05) is 18.0 Å². The largest absolute Gasteiger partial charge is 0.349 e. The van der Waals surface area contributed by atoms with Gasteiger partial charge >= 0.3 is 0 Å². The molecule has 0 radical (unpaired) electrons. The van der Waals surface area contributed by atoms with Gasteiger partial charge in [0.1, 0.15) is 12.1 Å². The van der Waals surface area contributed by atoms with Crippen LogP contribution in [0.15, 0.2) is 18.6 Å². The highest BCUT2D eigenvalue weighted by Gasteiger charge is 2.35. The van der Waals surface area contributed by atoms with E-state index in [1.165, 1.54) is 19.3 Å². The summed E-state index contributed by atoms with van der Waals surface area (Å²) >= 11 is 0. The van der Waals surface area contributed by atoms with Gasteiger partial charge in [-0.2, -0.15) is 0 Å². The second-order valence-electron chi connectivity index (χ2n) is 4.35. The molecule has 0 bridgehead atoms. The van der Waals surface area contributed by atoms with Crippen molar-refractivity contribution in [1.82, 2.24) is 15.3 Å². The molecule has 1 aliphatic carbocycles. The lowest BCUT2D eigenvalue weighted by molar-refractivity contribution is 0.620. The Morgan fingerprint density at radius 3 is 2.80 bits per heavy atom. The van der Waals surface area contributed by atoms with E-state index in [4.69, 9.17) is 0 Å². The first kappa shape index (κ1) is 9.09. The van der Waals surface area contributed by atoms with Crippen molar-refractivity contribution in [3.8, 4) is 0 Å². The van der Waals surface area contributed by atoms with Gasteiger partial charge in [-0.05, 0) is 31.9 Å². The van der Waals surface area contributed by atoms with Crippen LogP contribution in [0.1, 0.15) is 19.3 Å². The zero-order chi connectivity index (χ0) is 10.1. The Hall–Kier alpha value is -1.16. The monoisotopic (exact) mass is 204 g/mol. The van der Waals surface area contributed by atoms with Gasteiger partial charge in [-0.3, -0.25) is 0 Å². The third-order valence-corrected chi connectivity index (χ3v) is 3.20. The van der Waals surface area contributed by atoms with Crippen molar-refractivity contribution >= 4 is 5.82 Å². The zero-order valence-electron chi connectivity index (χ0n) is 8.76. The van der Waals surface area contributed by atoms with Crippen LogP contribution in [-0.2, 0) is 0 Å². The molecule has 1 N–H and O–H groups in total. The van der Waals surface area contributed by atoms with Gasteiger partial charge in [0.2, 0.25) is 0 Å². The van der Waals surface area contributed by atoms with E-state index in [-0.39, 0.29) is 0 Å². The van der Waals surface area contributed by atoms with E-state index in [2.05, 4.69) is 20.2 Å². The maximum atomic E-state index is 4.37. The maximum absolute atomic E-state index is 4.37. The average Bonchev–Trinajstić information content (AvgIpc) is 2.96. The second kappa shape index (κ2) is 3.77. The van der Waals surface area contributed by atoms with Crippen molar-refractivity contribution in [3.63, 3.8) is 0 Å². The van der Waals surface area contributed by atoms with E-state index in [9.17, 15) is 0 Å². The van der Waals surface area contributed by atoms with Crippen molar-refractivity contribution in [2.45, 2.75) is 31.3 Å². The number of aromatic nitrogens is 2. The molecule has 15 heavy (non-hydrogen) atoms.